The Bertz CT molecular complexity index is 108. The average molecular weight is 159 g/mol. The minimum absolute atomic E-state index is 0.0174. The third-order valence-electron chi connectivity index (χ3n) is 1.85. The van der Waals surface area contributed by atoms with Gasteiger partial charge >= 0.3 is 0 Å². The maximum atomic E-state index is 5.13. The maximum absolute atomic E-state index is 5.13. The molecule has 4 nitrogen and oxygen atoms in total. The lowest BCUT2D eigenvalue weighted by molar-refractivity contribution is -0.00680. The molecule has 0 aromatic heterocycles. The minimum atomic E-state index is -0.0174. The Kier molecular flexibility index (Phi) is 3.26. The van der Waals surface area contributed by atoms with E-state index in [1.165, 1.54) is 0 Å². The topological polar surface area (TPSA) is 45.3 Å². The molecular formula is C7H17N3O. The predicted octanol–water partition coefficient (Wildman–Crippen LogP) is -0.219. The van der Waals surface area contributed by atoms with E-state index >= 15 is 0 Å². The van der Waals surface area contributed by atoms with Gasteiger partial charge < -0.3 is 4.74 Å². The van der Waals surface area contributed by atoms with Crippen molar-refractivity contribution in [3.8, 4) is 0 Å². The van der Waals surface area contributed by atoms with Crippen molar-refractivity contribution in [1.29, 1.82) is 0 Å². The van der Waals surface area contributed by atoms with Crippen LogP contribution in [0.15, 0.2) is 0 Å². The SMILES string of the molecule is CCC1NC(C)NC(OC)N1. The Morgan fingerprint density at radius 3 is 2.55 bits per heavy atom. The summed E-state index contributed by atoms with van der Waals surface area (Å²) in [6, 6.07) is 0. The van der Waals surface area contributed by atoms with Crippen LogP contribution in [0.2, 0.25) is 0 Å². The van der Waals surface area contributed by atoms with Gasteiger partial charge in [0.15, 0.2) is 6.35 Å². The van der Waals surface area contributed by atoms with Gasteiger partial charge in [0.1, 0.15) is 0 Å². The zero-order chi connectivity index (χ0) is 8.27. The standard InChI is InChI=1S/C7H17N3O/c1-4-6-8-5(2)9-7(10-6)11-3/h5-10H,4H2,1-3H3. The molecular weight excluding hydrogens is 142 g/mol. The third kappa shape index (κ3) is 2.41. The second-order valence-electron chi connectivity index (χ2n) is 2.80. The highest BCUT2D eigenvalue weighted by atomic mass is 16.5. The number of rotatable bonds is 2. The summed E-state index contributed by atoms with van der Waals surface area (Å²) in [7, 11) is 1.69. The van der Waals surface area contributed by atoms with Crippen molar-refractivity contribution in [2.45, 2.75) is 39.0 Å². The molecule has 0 aromatic carbocycles. The van der Waals surface area contributed by atoms with E-state index in [0.29, 0.717) is 12.3 Å². The van der Waals surface area contributed by atoms with E-state index in [0.717, 1.165) is 6.42 Å². The molecule has 11 heavy (non-hydrogen) atoms. The summed E-state index contributed by atoms with van der Waals surface area (Å²) in [6.07, 6.45) is 1.71. The van der Waals surface area contributed by atoms with Crippen LogP contribution in [-0.2, 0) is 4.74 Å². The Hall–Kier alpha value is -0.160. The summed E-state index contributed by atoms with van der Waals surface area (Å²) in [5.74, 6) is 0. The summed E-state index contributed by atoms with van der Waals surface area (Å²) < 4.78 is 5.13. The van der Waals surface area contributed by atoms with Gasteiger partial charge in [-0.2, -0.15) is 0 Å². The molecule has 0 saturated carbocycles. The first-order valence-electron chi connectivity index (χ1n) is 4.07. The molecule has 4 heteroatoms. The first kappa shape index (κ1) is 8.93. The van der Waals surface area contributed by atoms with Crippen LogP contribution in [0.1, 0.15) is 20.3 Å². The molecule has 1 aliphatic rings. The number of hydrogen-bond acceptors (Lipinski definition) is 4. The molecule has 1 rings (SSSR count). The fraction of sp³-hybridized carbons (Fsp3) is 1.00. The molecule has 0 spiro atoms. The molecule has 1 heterocycles. The maximum Gasteiger partial charge on any atom is 0.165 e. The van der Waals surface area contributed by atoms with Crippen molar-refractivity contribution in [2.24, 2.45) is 0 Å². The molecule has 0 radical (unpaired) electrons. The van der Waals surface area contributed by atoms with Gasteiger partial charge in [0.25, 0.3) is 0 Å². The summed E-state index contributed by atoms with van der Waals surface area (Å²) in [4.78, 5) is 0. The summed E-state index contributed by atoms with van der Waals surface area (Å²) in [6.45, 7) is 4.21. The van der Waals surface area contributed by atoms with Gasteiger partial charge in [0.05, 0.1) is 12.3 Å². The Morgan fingerprint density at radius 2 is 2.00 bits per heavy atom. The van der Waals surface area contributed by atoms with Gasteiger partial charge in [-0.25, -0.2) is 0 Å². The largest absolute Gasteiger partial charge is 0.353 e. The van der Waals surface area contributed by atoms with Gasteiger partial charge in [0, 0.05) is 7.11 Å². The second kappa shape index (κ2) is 4.01. The fourth-order valence-electron chi connectivity index (χ4n) is 1.23. The molecule has 66 valence electrons. The van der Waals surface area contributed by atoms with E-state index in [1.807, 2.05) is 0 Å². The van der Waals surface area contributed by atoms with Crippen LogP contribution < -0.4 is 16.0 Å². The minimum Gasteiger partial charge on any atom is -0.353 e. The molecule has 0 aromatic rings. The highest BCUT2D eigenvalue weighted by Gasteiger charge is 2.21. The lowest BCUT2D eigenvalue weighted by Gasteiger charge is -2.35. The molecule has 0 bridgehead atoms. The van der Waals surface area contributed by atoms with Crippen LogP contribution in [0, 0.1) is 0 Å². The molecule has 3 unspecified atom stereocenters. The summed E-state index contributed by atoms with van der Waals surface area (Å²) >= 11 is 0. The monoisotopic (exact) mass is 159 g/mol. The van der Waals surface area contributed by atoms with Crippen molar-refractivity contribution in [2.75, 3.05) is 7.11 Å². The first-order valence-corrected chi connectivity index (χ1v) is 4.07. The molecule has 1 aliphatic heterocycles. The number of hydrogen-bond donors (Lipinski definition) is 3. The number of nitrogens with one attached hydrogen (secondary N) is 3. The van der Waals surface area contributed by atoms with E-state index in [1.54, 1.807) is 7.11 Å². The van der Waals surface area contributed by atoms with Crippen molar-refractivity contribution in [1.82, 2.24) is 16.0 Å². The van der Waals surface area contributed by atoms with Crippen LogP contribution in [-0.4, -0.2) is 25.8 Å². The van der Waals surface area contributed by atoms with Gasteiger partial charge in [-0.1, -0.05) is 6.92 Å². The normalized spacial score (nSPS) is 39.0. The highest BCUT2D eigenvalue weighted by Crippen LogP contribution is 1.97. The van der Waals surface area contributed by atoms with Gasteiger partial charge in [0.2, 0.25) is 0 Å². The molecule has 1 saturated heterocycles. The lowest BCUT2D eigenvalue weighted by atomic mass is 10.3. The molecule has 0 amide bonds. The first-order chi connectivity index (χ1) is 5.26. The van der Waals surface area contributed by atoms with E-state index < -0.39 is 0 Å². The van der Waals surface area contributed by atoms with Gasteiger partial charge in [-0.15, -0.1) is 0 Å². The van der Waals surface area contributed by atoms with Gasteiger partial charge in [-0.3, -0.25) is 16.0 Å². The molecule has 3 N–H and O–H groups in total. The van der Waals surface area contributed by atoms with E-state index in [9.17, 15) is 0 Å². The van der Waals surface area contributed by atoms with E-state index in [-0.39, 0.29) is 6.35 Å². The lowest BCUT2D eigenvalue weighted by Crippen LogP contribution is -2.66. The molecule has 0 aliphatic carbocycles. The molecule has 3 atom stereocenters. The van der Waals surface area contributed by atoms with Crippen LogP contribution in [0.4, 0.5) is 0 Å². The van der Waals surface area contributed by atoms with Crippen LogP contribution in [0.5, 0.6) is 0 Å². The fourth-order valence-corrected chi connectivity index (χ4v) is 1.23. The summed E-state index contributed by atoms with van der Waals surface area (Å²) in [5.41, 5.74) is 0. The van der Waals surface area contributed by atoms with Gasteiger partial charge in [-0.05, 0) is 13.3 Å². The van der Waals surface area contributed by atoms with Crippen molar-refractivity contribution < 1.29 is 4.74 Å². The van der Waals surface area contributed by atoms with E-state index in [4.69, 9.17) is 4.74 Å². The van der Waals surface area contributed by atoms with Crippen LogP contribution in [0.25, 0.3) is 0 Å². The molecule has 1 fully saturated rings. The number of methoxy groups -OCH3 is 1. The smallest absolute Gasteiger partial charge is 0.165 e. The quantitative estimate of drug-likeness (QED) is 0.521. The zero-order valence-electron chi connectivity index (χ0n) is 7.35. The van der Waals surface area contributed by atoms with Crippen molar-refractivity contribution >= 4 is 0 Å². The van der Waals surface area contributed by atoms with Crippen molar-refractivity contribution in [3.05, 3.63) is 0 Å². The van der Waals surface area contributed by atoms with Crippen LogP contribution in [0.3, 0.4) is 0 Å². The second-order valence-corrected chi connectivity index (χ2v) is 2.80. The Balaban J connectivity index is 2.37. The Labute approximate surface area is 67.7 Å². The summed E-state index contributed by atoms with van der Waals surface area (Å²) in [5, 5.41) is 9.75. The van der Waals surface area contributed by atoms with E-state index in [2.05, 4.69) is 29.8 Å². The predicted molar refractivity (Wildman–Crippen MR) is 43.7 cm³/mol. The Morgan fingerprint density at radius 1 is 1.27 bits per heavy atom. The van der Waals surface area contributed by atoms with Crippen molar-refractivity contribution in [3.63, 3.8) is 0 Å². The third-order valence-corrected chi connectivity index (χ3v) is 1.85. The number of ether oxygens (including phenoxy) is 1. The average Bonchev–Trinajstić information content (AvgIpc) is 2.03. The van der Waals surface area contributed by atoms with Crippen LogP contribution >= 0.6 is 0 Å². The highest BCUT2D eigenvalue weighted by molar-refractivity contribution is 4.74. The zero-order valence-corrected chi connectivity index (χ0v) is 7.35.